The zero-order chi connectivity index (χ0) is 11.7. The highest BCUT2D eigenvalue weighted by Gasteiger charge is 2.01. The second-order valence-electron chi connectivity index (χ2n) is 2.86. The predicted octanol–water partition coefficient (Wildman–Crippen LogP) is 2.19. The molecule has 0 unspecified atom stereocenters. The Kier molecular flexibility index (Phi) is 7.46. The van der Waals surface area contributed by atoms with Gasteiger partial charge >= 0.3 is 0 Å². The Morgan fingerprint density at radius 3 is 2.53 bits per heavy atom. The van der Waals surface area contributed by atoms with Crippen molar-refractivity contribution < 1.29 is 9.84 Å². The van der Waals surface area contributed by atoms with Gasteiger partial charge in [-0.1, -0.05) is 19.9 Å². The Balaban J connectivity index is 0.000000921. The van der Waals surface area contributed by atoms with Crippen molar-refractivity contribution in [1.82, 2.24) is 5.32 Å². The summed E-state index contributed by atoms with van der Waals surface area (Å²) >= 11 is 0. The van der Waals surface area contributed by atoms with Gasteiger partial charge in [-0.2, -0.15) is 0 Å². The number of phenols is 1. The molecule has 0 bridgehead atoms. The quantitative estimate of drug-likeness (QED) is 0.802. The molecule has 1 aromatic carbocycles. The van der Waals surface area contributed by atoms with Crippen LogP contribution in [0.4, 0.5) is 0 Å². The standard InChI is InChI=1S/C10H15NO2.C2H6/c1-11-6-5-8-3-4-9(12)10(7-8)13-2;1-2/h3-4,7,11-12H,5-6H2,1-2H3;1-2H3. The third-order valence-electron chi connectivity index (χ3n) is 1.91. The number of ether oxygens (including phenoxy) is 1. The third kappa shape index (κ3) is 4.70. The van der Waals surface area contributed by atoms with Crippen LogP contribution in [-0.2, 0) is 6.42 Å². The molecule has 0 aliphatic heterocycles. The van der Waals surface area contributed by atoms with Gasteiger partial charge in [-0.3, -0.25) is 0 Å². The summed E-state index contributed by atoms with van der Waals surface area (Å²) in [5.74, 6) is 0.726. The molecule has 1 rings (SSSR count). The summed E-state index contributed by atoms with van der Waals surface area (Å²) in [6.07, 6.45) is 0.938. The van der Waals surface area contributed by atoms with Crippen LogP contribution in [0, 0.1) is 0 Å². The number of hydrogen-bond acceptors (Lipinski definition) is 3. The molecular weight excluding hydrogens is 190 g/mol. The van der Waals surface area contributed by atoms with Gasteiger partial charge in [0.2, 0.25) is 0 Å². The van der Waals surface area contributed by atoms with Gasteiger partial charge in [-0.05, 0) is 37.7 Å². The normalized spacial score (nSPS) is 9.07. The van der Waals surface area contributed by atoms with Gasteiger partial charge in [0, 0.05) is 0 Å². The van der Waals surface area contributed by atoms with Gasteiger partial charge in [0.25, 0.3) is 0 Å². The maximum Gasteiger partial charge on any atom is 0.160 e. The molecule has 1 aromatic rings. The van der Waals surface area contributed by atoms with Crippen molar-refractivity contribution in [1.29, 1.82) is 0 Å². The summed E-state index contributed by atoms with van der Waals surface area (Å²) in [6, 6.07) is 5.41. The minimum atomic E-state index is 0.190. The van der Waals surface area contributed by atoms with Crippen molar-refractivity contribution in [3.8, 4) is 11.5 Å². The molecule has 3 nitrogen and oxygen atoms in total. The number of hydrogen-bond donors (Lipinski definition) is 2. The summed E-state index contributed by atoms with van der Waals surface area (Å²) in [6.45, 7) is 4.92. The van der Waals surface area contributed by atoms with Crippen molar-refractivity contribution in [2.24, 2.45) is 0 Å². The van der Waals surface area contributed by atoms with Gasteiger partial charge in [-0.25, -0.2) is 0 Å². The highest BCUT2D eigenvalue weighted by molar-refractivity contribution is 5.41. The molecular formula is C12H21NO2. The van der Waals surface area contributed by atoms with Crippen molar-refractivity contribution in [3.05, 3.63) is 23.8 Å². The Labute approximate surface area is 92.1 Å². The van der Waals surface area contributed by atoms with Crippen LogP contribution in [0.15, 0.2) is 18.2 Å². The molecule has 3 heteroatoms. The van der Waals surface area contributed by atoms with Crippen LogP contribution in [0.5, 0.6) is 11.5 Å². The fraction of sp³-hybridized carbons (Fsp3) is 0.500. The van der Waals surface area contributed by atoms with E-state index in [1.165, 1.54) is 0 Å². The molecule has 86 valence electrons. The lowest BCUT2D eigenvalue weighted by Crippen LogP contribution is -2.10. The highest BCUT2D eigenvalue weighted by Crippen LogP contribution is 2.26. The number of likely N-dealkylation sites (N-methyl/N-ethyl adjacent to an activating group) is 1. The minimum absolute atomic E-state index is 0.190. The first-order valence-electron chi connectivity index (χ1n) is 5.28. The molecule has 0 saturated carbocycles. The van der Waals surface area contributed by atoms with E-state index in [1.807, 2.05) is 33.0 Å². The Bertz CT molecular complexity index is 274. The monoisotopic (exact) mass is 211 g/mol. The van der Waals surface area contributed by atoms with E-state index in [2.05, 4.69) is 5.32 Å². The second-order valence-corrected chi connectivity index (χ2v) is 2.86. The number of rotatable bonds is 4. The van der Waals surface area contributed by atoms with Crippen molar-refractivity contribution in [3.63, 3.8) is 0 Å². The zero-order valence-electron chi connectivity index (χ0n) is 10.0. The summed E-state index contributed by atoms with van der Waals surface area (Å²) in [5, 5.41) is 12.4. The maximum absolute atomic E-state index is 9.32. The summed E-state index contributed by atoms with van der Waals surface area (Å²) in [5.41, 5.74) is 1.16. The van der Waals surface area contributed by atoms with Crippen LogP contribution >= 0.6 is 0 Å². The van der Waals surface area contributed by atoms with Crippen LogP contribution in [-0.4, -0.2) is 25.8 Å². The van der Waals surface area contributed by atoms with E-state index in [-0.39, 0.29) is 5.75 Å². The Morgan fingerprint density at radius 1 is 1.33 bits per heavy atom. The predicted molar refractivity (Wildman–Crippen MR) is 63.6 cm³/mol. The average Bonchev–Trinajstić information content (AvgIpc) is 2.30. The van der Waals surface area contributed by atoms with Gasteiger partial charge in [0.15, 0.2) is 11.5 Å². The van der Waals surface area contributed by atoms with Crippen LogP contribution in [0.1, 0.15) is 19.4 Å². The maximum atomic E-state index is 9.32. The summed E-state index contributed by atoms with van der Waals surface area (Å²) < 4.78 is 5.00. The molecule has 0 heterocycles. The lowest BCUT2D eigenvalue weighted by Gasteiger charge is -2.06. The lowest BCUT2D eigenvalue weighted by molar-refractivity contribution is 0.373. The SMILES string of the molecule is CC.CNCCc1ccc(O)c(OC)c1. The summed E-state index contributed by atoms with van der Waals surface area (Å²) in [4.78, 5) is 0. The van der Waals surface area contributed by atoms with Crippen LogP contribution in [0.25, 0.3) is 0 Å². The molecule has 0 radical (unpaired) electrons. The largest absolute Gasteiger partial charge is 0.504 e. The first-order chi connectivity index (χ1) is 7.27. The van der Waals surface area contributed by atoms with Gasteiger partial charge in [0.1, 0.15) is 0 Å². The average molecular weight is 211 g/mol. The molecule has 0 spiro atoms. The van der Waals surface area contributed by atoms with E-state index < -0.39 is 0 Å². The molecule has 0 aromatic heterocycles. The fourth-order valence-electron chi connectivity index (χ4n) is 1.15. The smallest absolute Gasteiger partial charge is 0.160 e. The molecule has 15 heavy (non-hydrogen) atoms. The van der Waals surface area contributed by atoms with Crippen molar-refractivity contribution >= 4 is 0 Å². The lowest BCUT2D eigenvalue weighted by atomic mass is 10.1. The topological polar surface area (TPSA) is 41.5 Å². The molecule has 0 aliphatic rings. The minimum Gasteiger partial charge on any atom is -0.504 e. The third-order valence-corrected chi connectivity index (χ3v) is 1.91. The summed E-state index contributed by atoms with van der Waals surface area (Å²) in [7, 11) is 3.47. The van der Waals surface area contributed by atoms with E-state index in [9.17, 15) is 5.11 Å². The molecule has 2 N–H and O–H groups in total. The van der Waals surface area contributed by atoms with Crippen molar-refractivity contribution in [2.45, 2.75) is 20.3 Å². The first kappa shape index (κ1) is 13.8. The molecule has 0 atom stereocenters. The number of methoxy groups -OCH3 is 1. The highest BCUT2D eigenvalue weighted by atomic mass is 16.5. The number of nitrogens with one attached hydrogen (secondary N) is 1. The van der Waals surface area contributed by atoms with E-state index in [0.29, 0.717) is 5.75 Å². The van der Waals surface area contributed by atoms with E-state index >= 15 is 0 Å². The van der Waals surface area contributed by atoms with Gasteiger partial charge in [0.05, 0.1) is 7.11 Å². The Morgan fingerprint density at radius 2 is 2.00 bits per heavy atom. The molecule has 0 fully saturated rings. The van der Waals surface area contributed by atoms with Gasteiger partial charge in [-0.15, -0.1) is 0 Å². The van der Waals surface area contributed by atoms with Crippen LogP contribution in [0.3, 0.4) is 0 Å². The fourth-order valence-corrected chi connectivity index (χ4v) is 1.15. The first-order valence-corrected chi connectivity index (χ1v) is 5.28. The second kappa shape index (κ2) is 8.12. The number of phenolic OH excluding ortho intramolecular Hbond substituents is 1. The number of benzene rings is 1. The molecule has 0 amide bonds. The molecule has 0 aliphatic carbocycles. The van der Waals surface area contributed by atoms with E-state index in [4.69, 9.17) is 4.74 Å². The zero-order valence-corrected chi connectivity index (χ0v) is 10.0. The number of aromatic hydroxyl groups is 1. The molecule has 0 saturated heterocycles. The van der Waals surface area contributed by atoms with E-state index in [1.54, 1.807) is 13.2 Å². The van der Waals surface area contributed by atoms with Crippen molar-refractivity contribution in [2.75, 3.05) is 20.7 Å². The van der Waals surface area contributed by atoms with E-state index in [0.717, 1.165) is 18.5 Å². The van der Waals surface area contributed by atoms with Crippen LogP contribution < -0.4 is 10.1 Å². The van der Waals surface area contributed by atoms with Crippen LogP contribution in [0.2, 0.25) is 0 Å². The van der Waals surface area contributed by atoms with Gasteiger partial charge < -0.3 is 15.2 Å². The Hall–Kier alpha value is -1.22.